The number of piperidine rings is 1. The van der Waals surface area contributed by atoms with Crippen LogP contribution in [0.2, 0.25) is 0 Å². The van der Waals surface area contributed by atoms with Crippen molar-refractivity contribution in [2.75, 3.05) is 26.2 Å². The number of β-amino-alcohol motifs (C(OH)–C–C–N with tert-alkyl or cyclic N) is 1. The smallest absolute Gasteiger partial charge is 0.0791 e. The van der Waals surface area contributed by atoms with Crippen LogP contribution in [0.5, 0.6) is 0 Å². The molecule has 1 aliphatic heterocycles. The van der Waals surface area contributed by atoms with Crippen molar-refractivity contribution in [3.05, 3.63) is 0 Å². The molecule has 1 saturated carbocycles. The molecule has 1 heterocycles. The molecule has 3 heteroatoms. The summed E-state index contributed by atoms with van der Waals surface area (Å²) >= 11 is 0. The van der Waals surface area contributed by atoms with Gasteiger partial charge in [-0.1, -0.05) is 13.8 Å². The molecule has 0 spiro atoms. The first-order valence-corrected chi connectivity index (χ1v) is 7.77. The topological polar surface area (TPSA) is 35.5 Å². The van der Waals surface area contributed by atoms with E-state index in [1.807, 2.05) is 0 Å². The van der Waals surface area contributed by atoms with E-state index >= 15 is 0 Å². The van der Waals surface area contributed by atoms with Gasteiger partial charge in [0.15, 0.2) is 0 Å². The molecule has 2 N–H and O–H groups in total. The molecular formula is C15H30N2O. The zero-order chi connectivity index (χ0) is 13.0. The first kappa shape index (κ1) is 14.3. The molecule has 0 bridgehead atoms. The van der Waals surface area contributed by atoms with E-state index in [1.54, 1.807) is 0 Å². The molecule has 3 atom stereocenters. The second-order valence-electron chi connectivity index (χ2n) is 6.66. The summed E-state index contributed by atoms with van der Waals surface area (Å²) in [6, 6.07) is 0.649. The third kappa shape index (κ3) is 4.52. The predicted molar refractivity (Wildman–Crippen MR) is 75.7 cm³/mol. The fourth-order valence-corrected chi connectivity index (χ4v) is 3.30. The highest BCUT2D eigenvalue weighted by Crippen LogP contribution is 2.24. The summed E-state index contributed by atoms with van der Waals surface area (Å²) in [7, 11) is 0. The van der Waals surface area contributed by atoms with Gasteiger partial charge < -0.3 is 15.3 Å². The lowest BCUT2D eigenvalue weighted by atomic mass is 9.99. The van der Waals surface area contributed by atoms with Gasteiger partial charge in [-0.2, -0.15) is 0 Å². The second-order valence-corrected chi connectivity index (χ2v) is 6.66. The summed E-state index contributed by atoms with van der Waals surface area (Å²) in [4.78, 5) is 2.42. The highest BCUT2D eigenvalue weighted by molar-refractivity contribution is 4.80. The van der Waals surface area contributed by atoms with Gasteiger partial charge in [-0.25, -0.2) is 0 Å². The van der Waals surface area contributed by atoms with Crippen LogP contribution in [-0.4, -0.2) is 48.3 Å². The molecule has 18 heavy (non-hydrogen) atoms. The van der Waals surface area contributed by atoms with Crippen molar-refractivity contribution in [3.8, 4) is 0 Å². The number of nitrogens with one attached hydrogen (secondary N) is 1. The van der Waals surface area contributed by atoms with Crippen molar-refractivity contribution >= 4 is 0 Å². The molecule has 0 aromatic carbocycles. The number of rotatable bonds is 5. The molecule has 3 unspecified atom stereocenters. The Balaban J connectivity index is 1.58. The van der Waals surface area contributed by atoms with Crippen molar-refractivity contribution in [2.24, 2.45) is 11.8 Å². The Bertz CT molecular complexity index is 239. The maximum atomic E-state index is 10.1. The van der Waals surface area contributed by atoms with E-state index in [9.17, 15) is 5.11 Å². The quantitative estimate of drug-likeness (QED) is 0.786. The lowest BCUT2D eigenvalue weighted by Crippen LogP contribution is -2.43. The summed E-state index contributed by atoms with van der Waals surface area (Å²) in [5, 5.41) is 13.6. The third-order valence-electron chi connectivity index (χ3n) is 4.68. The average Bonchev–Trinajstić information content (AvgIpc) is 2.76. The van der Waals surface area contributed by atoms with Gasteiger partial charge in [-0.15, -0.1) is 0 Å². The number of aliphatic hydroxyl groups excluding tert-OH is 1. The number of hydrogen-bond acceptors (Lipinski definition) is 3. The maximum Gasteiger partial charge on any atom is 0.0791 e. The zero-order valence-corrected chi connectivity index (χ0v) is 12.1. The Kier molecular flexibility index (Phi) is 5.46. The van der Waals surface area contributed by atoms with E-state index in [-0.39, 0.29) is 6.10 Å². The highest BCUT2D eigenvalue weighted by atomic mass is 16.3. The summed E-state index contributed by atoms with van der Waals surface area (Å²) in [6.07, 6.45) is 6.30. The Hall–Kier alpha value is -0.120. The van der Waals surface area contributed by atoms with Crippen LogP contribution < -0.4 is 5.32 Å². The van der Waals surface area contributed by atoms with E-state index in [0.29, 0.717) is 6.04 Å². The van der Waals surface area contributed by atoms with Crippen LogP contribution in [0.1, 0.15) is 46.0 Å². The summed E-state index contributed by atoms with van der Waals surface area (Å²) in [6.45, 7) is 8.60. The minimum atomic E-state index is -0.200. The van der Waals surface area contributed by atoms with E-state index in [4.69, 9.17) is 0 Å². The van der Waals surface area contributed by atoms with Crippen LogP contribution in [0.4, 0.5) is 0 Å². The number of nitrogens with zero attached hydrogens (tertiary/aromatic N) is 1. The van der Waals surface area contributed by atoms with E-state index in [0.717, 1.165) is 24.9 Å². The van der Waals surface area contributed by atoms with Gasteiger partial charge in [0, 0.05) is 19.1 Å². The fraction of sp³-hybridized carbons (Fsp3) is 1.00. The van der Waals surface area contributed by atoms with E-state index < -0.39 is 0 Å². The molecule has 2 aliphatic rings. The Morgan fingerprint density at radius 3 is 2.44 bits per heavy atom. The molecule has 3 nitrogen and oxygen atoms in total. The molecule has 0 amide bonds. The van der Waals surface area contributed by atoms with Gasteiger partial charge in [-0.3, -0.25) is 0 Å². The van der Waals surface area contributed by atoms with Gasteiger partial charge in [0.05, 0.1) is 6.10 Å². The Morgan fingerprint density at radius 2 is 1.83 bits per heavy atom. The standard InChI is InChI=1S/C15H30N2O/c1-12-5-7-17(8-6-12)11-15(18)10-16-14-4-3-13(2)9-14/h12-16,18H,3-11H2,1-2H3. The summed E-state index contributed by atoms with van der Waals surface area (Å²) in [5.41, 5.74) is 0. The average molecular weight is 254 g/mol. The Labute approximate surface area is 112 Å². The molecule has 1 aliphatic carbocycles. The van der Waals surface area contributed by atoms with Crippen molar-refractivity contribution in [2.45, 2.75) is 58.1 Å². The van der Waals surface area contributed by atoms with E-state index in [2.05, 4.69) is 24.1 Å². The van der Waals surface area contributed by atoms with Gasteiger partial charge in [0.2, 0.25) is 0 Å². The molecule has 0 aromatic rings. The third-order valence-corrected chi connectivity index (χ3v) is 4.68. The minimum absolute atomic E-state index is 0.200. The van der Waals surface area contributed by atoms with Crippen molar-refractivity contribution in [3.63, 3.8) is 0 Å². The maximum absolute atomic E-state index is 10.1. The first-order chi connectivity index (χ1) is 8.63. The van der Waals surface area contributed by atoms with Crippen molar-refractivity contribution < 1.29 is 5.11 Å². The molecular weight excluding hydrogens is 224 g/mol. The van der Waals surface area contributed by atoms with Crippen molar-refractivity contribution in [1.29, 1.82) is 0 Å². The monoisotopic (exact) mass is 254 g/mol. The summed E-state index contributed by atoms with van der Waals surface area (Å²) < 4.78 is 0. The van der Waals surface area contributed by atoms with Crippen LogP contribution >= 0.6 is 0 Å². The zero-order valence-electron chi connectivity index (χ0n) is 12.1. The SMILES string of the molecule is CC1CCN(CC(O)CNC2CCC(C)C2)CC1. The molecule has 106 valence electrons. The molecule has 1 saturated heterocycles. The van der Waals surface area contributed by atoms with Crippen LogP contribution in [0.15, 0.2) is 0 Å². The normalized spacial score (nSPS) is 32.8. The largest absolute Gasteiger partial charge is 0.390 e. The lowest BCUT2D eigenvalue weighted by Gasteiger charge is -2.32. The number of likely N-dealkylation sites (tertiary alicyclic amines) is 1. The molecule has 2 fully saturated rings. The number of aliphatic hydroxyl groups is 1. The number of hydrogen-bond donors (Lipinski definition) is 2. The minimum Gasteiger partial charge on any atom is -0.390 e. The predicted octanol–water partition coefficient (Wildman–Crippen LogP) is 1.86. The van der Waals surface area contributed by atoms with E-state index in [1.165, 1.54) is 45.2 Å². The van der Waals surface area contributed by atoms with Crippen LogP contribution in [0.25, 0.3) is 0 Å². The van der Waals surface area contributed by atoms with Gasteiger partial charge in [0.25, 0.3) is 0 Å². The Morgan fingerprint density at radius 1 is 1.11 bits per heavy atom. The van der Waals surface area contributed by atoms with Crippen LogP contribution in [-0.2, 0) is 0 Å². The highest BCUT2D eigenvalue weighted by Gasteiger charge is 2.22. The lowest BCUT2D eigenvalue weighted by molar-refractivity contribution is 0.0888. The van der Waals surface area contributed by atoms with Gasteiger partial charge in [-0.05, 0) is 57.0 Å². The van der Waals surface area contributed by atoms with Crippen LogP contribution in [0, 0.1) is 11.8 Å². The second kappa shape index (κ2) is 6.88. The fourth-order valence-electron chi connectivity index (χ4n) is 3.30. The van der Waals surface area contributed by atoms with Crippen LogP contribution in [0.3, 0.4) is 0 Å². The van der Waals surface area contributed by atoms with Crippen molar-refractivity contribution in [1.82, 2.24) is 10.2 Å². The molecule has 0 aromatic heterocycles. The molecule has 2 rings (SSSR count). The van der Waals surface area contributed by atoms with Gasteiger partial charge in [0.1, 0.15) is 0 Å². The summed E-state index contributed by atoms with van der Waals surface area (Å²) in [5.74, 6) is 1.74. The van der Waals surface area contributed by atoms with Gasteiger partial charge >= 0.3 is 0 Å². The molecule has 0 radical (unpaired) electrons. The first-order valence-electron chi connectivity index (χ1n) is 7.77.